The van der Waals surface area contributed by atoms with E-state index in [1.165, 1.54) is 11.3 Å². The molecule has 0 aliphatic rings. The summed E-state index contributed by atoms with van der Waals surface area (Å²) < 4.78 is 0.827. The monoisotopic (exact) mass is 415 g/mol. The van der Waals surface area contributed by atoms with Crippen molar-refractivity contribution in [3.63, 3.8) is 0 Å². The van der Waals surface area contributed by atoms with Gasteiger partial charge < -0.3 is 10.6 Å². The lowest BCUT2D eigenvalue weighted by Gasteiger charge is -2.20. The first-order valence-corrected chi connectivity index (χ1v) is 10.2. The smallest absolute Gasteiger partial charge is 0.255 e. The van der Waals surface area contributed by atoms with Crippen LogP contribution >= 0.6 is 22.9 Å². The molecular formula is C21H22ClN3O2S. The number of aromatic nitrogens is 1. The van der Waals surface area contributed by atoms with Crippen LogP contribution in [0.1, 0.15) is 43.1 Å². The number of benzene rings is 2. The molecule has 3 aromatic rings. The van der Waals surface area contributed by atoms with Gasteiger partial charge in [0, 0.05) is 11.0 Å². The minimum atomic E-state index is -0.463. The fourth-order valence-corrected chi connectivity index (χ4v) is 3.69. The van der Waals surface area contributed by atoms with Crippen LogP contribution in [0.5, 0.6) is 0 Å². The minimum absolute atomic E-state index is 0.0683. The van der Waals surface area contributed by atoms with E-state index < -0.39 is 5.41 Å². The van der Waals surface area contributed by atoms with Gasteiger partial charge in [-0.25, -0.2) is 4.98 Å². The molecule has 1 heterocycles. The molecule has 0 atom stereocenters. The number of anilines is 2. The van der Waals surface area contributed by atoms with E-state index in [0.717, 1.165) is 22.2 Å². The van der Waals surface area contributed by atoms with E-state index in [2.05, 4.69) is 15.6 Å². The topological polar surface area (TPSA) is 71.1 Å². The third-order valence-electron chi connectivity index (χ3n) is 4.83. The molecule has 5 nitrogen and oxygen atoms in total. The van der Waals surface area contributed by atoms with Crippen molar-refractivity contribution in [2.75, 3.05) is 10.6 Å². The first-order chi connectivity index (χ1) is 13.2. The van der Waals surface area contributed by atoms with Crippen molar-refractivity contribution in [3.8, 4) is 0 Å². The van der Waals surface area contributed by atoms with Gasteiger partial charge in [-0.1, -0.05) is 55.8 Å². The number of para-hydroxylation sites is 1. The van der Waals surface area contributed by atoms with E-state index in [4.69, 9.17) is 11.6 Å². The Bertz CT molecular complexity index is 1040. The zero-order valence-electron chi connectivity index (χ0n) is 16.2. The maximum Gasteiger partial charge on any atom is 0.255 e. The molecule has 2 aromatic carbocycles. The average Bonchev–Trinajstić information content (AvgIpc) is 3.06. The second-order valence-electron chi connectivity index (χ2n) is 7.28. The molecular weight excluding hydrogens is 394 g/mol. The first kappa shape index (κ1) is 20.3. The van der Waals surface area contributed by atoms with Gasteiger partial charge in [-0.3, -0.25) is 9.59 Å². The summed E-state index contributed by atoms with van der Waals surface area (Å²) in [7, 11) is 0. The molecule has 2 N–H and O–H groups in total. The molecule has 0 saturated heterocycles. The van der Waals surface area contributed by atoms with Crippen LogP contribution in [0.3, 0.4) is 0 Å². The summed E-state index contributed by atoms with van der Waals surface area (Å²) in [5, 5.41) is 6.77. The number of hydrogen-bond donors (Lipinski definition) is 2. The van der Waals surface area contributed by atoms with Crippen LogP contribution in [0.2, 0.25) is 5.02 Å². The lowest BCUT2D eigenvalue weighted by Crippen LogP contribution is -2.29. The van der Waals surface area contributed by atoms with E-state index in [0.29, 0.717) is 21.4 Å². The number of carbonyl (C=O) groups excluding carboxylic acids is 2. The van der Waals surface area contributed by atoms with Crippen LogP contribution in [0, 0.1) is 12.3 Å². The van der Waals surface area contributed by atoms with Crippen LogP contribution < -0.4 is 10.6 Å². The van der Waals surface area contributed by atoms with Gasteiger partial charge in [0.05, 0.1) is 20.9 Å². The van der Waals surface area contributed by atoms with Gasteiger partial charge in [-0.05, 0) is 43.2 Å². The maximum absolute atomic E-state index is 12.7. The van der Waals surface area contributed by atoms with E-state index in [1.54, 1.807) is 24.3 Å². The zero-order chi connectivity index (χ0) is 20.5. The van der Waals surface area contributed by atoms with Gasteiger partial charge in [0.2, 0.25) is 5.91 Å². The van der Waals surface area contributed by atoms with Crippen molar-refractivity contribution < 1.29 is 9.59 Å². The SMILES string of the molecule is CCC(C)(C)C(=O)Nc1nc2ccc(C(=O)Nc3c(C)cccc3Cl)cc2s1. The molecule has 0 spiro atoms. The molecule has 1 aromatic heterocycles. The van der Waals surface area contributed by atoms with Gasteiger partial charge in [0.25, 0.3) is 5.91 Å². The summed E-state index contributed by atoms with van der Waals surface area (Å²) in [4.78, 5) is 29.5. The maximum atomic E-state index is 12.7. The quantitative estimate of drug-likeness (QED) is 0.546. The van der Waals surface area contributed by atoms with Gasteiger partial charge in [0.15, 0.2) is 5.13 Å². The Morgan fingerprint density at radius 2 is 1.93 bits per heavy atom. The van der Waals surface area contributed by atoms with Crippen LogP contribution in [0.15, 0.2) is 36.4 Å². The highest BCUT2D eigenvalue weighted by molar-refractivity contribution is 7.22. The summed E-state index contributed by atoms with van der Waals surface area (Å²) >= 11 is 7.54. The minimum Gasteiger partial charge on any atom is -0.320 e. The number of nitrogens with one attached hydrogen (secondary N) is 2. The Morgan fingerprint density at radius 3 is 2.61 bits per heavy atom. The Balaban J connectivity index is 1.82. The van der Waals surface area contributed by atoms with Gasteiger partial charge in [0.1, 0.15) is 0 Å². The van der Waals surface area contributed by atoms with Gasteiger partial charge in [-0.15, -0.1) is 0 Å². The molecule has 28 heavy (non-hydrogen) atoms. The summed E-state index contributed by atoms with van der Waals surface area (Å²) in [5.74, 6) is -0.314. The highest BCUT2D eigenvalue weighted by Crippen LogP contribution is 2.30. The molecule has 0 saturated carbocycles. The number of thiazole rings is 1. The molecule has 146 valence electrons. The normalized spacial score (nSPS) is 11.5. The van der Waals surface area contributed by atoms with Crippen LogP contribution in [-0.2, 0) is 4.79 Å². The predicted octanol–water partition coefficient (Wildman–Crippen LogP) is 5.89. The number of carbonyl (C=O) groups is 2. The van der Waals surface area contributed by atoms with Crippen molar-refractivity contribution >= 4 is 55.8 Å². The standard InChI is InChI=1S/C21H22ClN3O2S/c1-5-21(3,4)19(27)25-20-23-15-10-9-13(11-16(15)28-20)18(26)24-17-12(2)7-6-8-14(17)22/h6-11H,5H2,1-4H3,(H,24,26)(H,23,25,27). The molecule has 7 heteroatoms. The van der Waals surface area contributed by atoms with Crippen molar-refractivity contribution in [1.29, 1.82) is 0 Å². The van der Waals surface area contributed by atoms with E-state index in [-0.39, 0.29) is 11.8 Å². The number of hydrogen-bond acceptors (Lipinski definition) is 4. The molecule has 0 fully saturated rings. The van der Waals surface area contributed by atoms with Crippen molar-refractivity contribution in [1.82, 2.24) is 4.98 Å². The molecule has 2 amide bonds. The lowest BCUT2D eigenvalue weighted by atomic mass is 9.89. The highest BCUT2D eigenvalue weighted by atomic mass is 35.5. The number of halogens is 1. The lowest BCUT2D eigenvalue weighted by molar-refractivity contribution is -0.124. The second kappa shape index (κ2) is 7.89. The fourth-order valence-electron chi connectivity index (χ4n) is 2.52. The van der Waals surface area contributed by atoms with Gasteiger partial charge >= 0.3 is 0 Å². The zero-order valence-corrected chi connectivity index (χ0v) is 17.8. The number of fused-ring (bicyclic) bond motifs is 1. The number of aryl methyl sites for hydroxylation is 1. The number of rotatable bonds is 5. The van der Waals surface area contributed by atoms with E-state index in [9.17, 15) is 9.59 Å². The summed E-state index contributed by atoms with van der Waals surface area (Å²) in [5.41, 5.74) is 2.27. The van der Waals surface area contributed by atoms with E-state index >= 15 is 0 Å². The number of amides is 2. The summed E-state index contributed by atoms with van der Waals surface area (Å²) in [6.07, 6.45) is 0.732. The number of nitrogens with zero attached hydrogens (tertiary/aromatic N) is 1. The Kier molecular flexibility index (Phi) is 5.72. The molecule has 0 radical (unpaired) electrons. The van der Waals surface area contributed by atoms with Crippen LogP contribution in [0.25, 0.3) is 10.2 Å². The Morgan fingerprint density at radius 1 is 1.18 bits per heavy atom. The van der Waals surface area contributed by atoms with Crippen LogP contribution in [0.4, 0.5) is 10.8 Å². The molecule has 0 aliphatic heterocycles. The predicted molar refractivity (Wildman–Crippen MR) is 116 cm³/mol. The van der Waals surface area contributed by atoms with Gasteiger partial charge in [-0.2, -0.15) is 0 Å². The third-order valence-corrected chi connectivity index (χ3v) is 6.08. The second-order valence-corrected chi connectivity index (χ2v) is 8.72. The summed E-state index contributed by atoms with van der Waals surface area (Å²) in [6, 6.07) is 10.7. The fraction of sp³-hybridized carbons (Fsp3) is 0.286. The molecule has 0 aliphatic carbocycles. The van der Waals surface area contributed by atoms with Crippen LogP contribution in [-0.4, -0.2) is 16.8 Å². The van der Waals surface area contributed by atoms with Crippen molar-refractivity contribution in [3.05, 3.63) is 52.5 Å². The first-order valence-electron chi connectivity index (χ1n) is 9.00. The van der Waals surface area contributed by atoms with Crippen molar-refractivity contribution in [2.24, 2.45) is 5.41 Å². The average molecular weight is 416 g/mol. The van der Waals surface area contributed by atoms with Crippen molar-refractivity contribution in [2.45, 2.75) is 34.1 Å². The Hall–Kier alpha value is -2.44. The Labute approximate surface area is 173 Å². The molecule has 3 rings (SSSR count). The third kappa shape index (κ3) is 4.18. The van der Waals surface area contributed by atoms with E-state index in [1.807, 2.05) is 39.8 Å². The molecule has 0 unspecified atom stereocenters. The largest absolute Gasteiger partial charge is 0.320 e. The highest BCUT2D eigenvalue weighted by Gasteiger charge is 2.26. The summed E-state index contributed by atoms with van der Waals surface area (Å²) in [6.45, 7) is 7.66. The molecule has 0 bridgehead atoms.